The Morgan fingerprint density at radius 1 is 0.750 bits per heavy atom. The average molecular weight is 159 g/mol. The van der Waals surface area contributed by atoms with Crippen molar-refractivity contribution in [3.8, 4) is 0 Å². The van der Waals surface area contributed by atoms with E-state index in [0.29, 0.717) is 0 Å². The molecular formula is C11H13N. The van der Waals surface area contributed by atoms with Crippen molar-refractivity contribution in [2.45, 2.75) is 0 Å². The summed E-state index contributed by atoms with van der Waals surface area (Å²) in [7, 11) is 0. The fourth-order valence-corrected chi connectivity index (χ4v) is 0.510. The SMILES string of the molecule is C=C/C=C/C=C/C=C\C=C/N=C. The van der Waals surface area contributed by atoms with E-state index in [9.17, 15) is 0 Å². The Balaban J connectivity index is 3.65. The number of aliphatic imine (C=N–C) groups is 1. The van der Waals surface area contributed by atoms with Crippen molar-refractivity contribution >= 4 is 6.72 Å². The topological polar surface area (TPSA) is 12.4 Å². The molecule has 0 unspecified atom stereocenters. The number of hydrogen-bond donors (Lipinski definition) is 0. The molecular weight excluding hydrogens is 146 g/mol. The minimum atomic E-state index is 1.63. The van der Waals surface area contributed by atoms with E-state index in [4.69, 9.17) is 0 Å². The van der Waals surface area contributed by atoms with Crippen LogP contribution in [0.25, 0.3) is 0 Å². The first-order valence-corrected chi connectivity index (χ1v) is 3.65. The van der Waals surface area contributed by atoms with Gasteiger partial charge in [-0.3, -0.25) is 4.99 Å². The number of allylic oxidation sites excluding steroid dienone is 8. The summed E-state index contributed by atoms with van der Waals surface area (Å²) in [5.41, 5.74) is 0. The highest BCUT2D eigenvalue weighted by molar-refractivity contribution is 5.26. The van der Waals surface area contributed by atoms with Gasteiger partial charge in [-0.05, 0) is 12.8 Å². The van der Waals surface area contributed by atoms with E-state index >= 15 is 0 Å². The van der Waals surface area contributed by atoms with Crippen LogP contribution in [0.2, 0.25) is 0 Å². The monoisotopic (exact) mass is 159 g/mol. The van der Waals surface area contributed by atoms with Crippen LogP contribution in [0.3, 0.4) is 0 Å². The van der Waals surface area contributed by atoms with Crippen LogP contribution in [0.1, 0.15) is 0 Å². The molecule has 0 radical (unpaired) electrons. The second kappa shape index (κ2) is 9.37. The molecule has 0 heterocycles. The first kappa shape index (κ1) is 10.4. The Hall–Kier alpha value is -1.63. The van der Waals surface area contributed by atoms with E-state index < -0.39 is 0 Å². The predicted molar refractivity (Wildman–Crippen MR) is 56.3 cm³/mol. The standard InChI is InChI=1S/C11H13N/c1-3-4-5-6-7-8-9-10-11-12-2/h3-11H,1-2H2/b5-4+,7-6+,9-8-,11-10-. The van der Waals surface area contributed by atoms with Crippen molar-refractivity contribution in [1.82, 2.24) is 0 Å². The Bertz CT molecular complexity index is 203. The molecule has 12 heavy (non-hydrogen) atoms. The van der Waals surface area contributed by atoms with Crippen molar-refractivity contribution in [2.75, 3.05) is 0 Å². The average Bonchev–Trinajstić information content (AvgIpc) is 2.10. The molecule has 0 saturated carbocycles. The Morgan fingerprint density at radius 2 is 1.25 bits per heavy atom. The van der Waals surface area contributed by atoms with E-state index in [1.54, 1.807) is 12.3 Å². The van der Waals surface area contributed by atoms with Gasteiger partial charge in [0.15, 0.2) is 0 Å². The van der Waals surface area contributed by atoms with Gasteiger partial charge in [0.25, 0.3) is 0 Å². The molecule has 1 nitrogen and oxygen atoms in total. The molecule has 62 valence electrons. The van der Waals surface area contributed by atoms with Crippen molar-refractivity contribution in [1.29, 1.82) is 0 Å². The number of nitrogens with zero attached hydrogens (tertiary/aromatic N) is 1. The molecule has 0 spiro atoms. The molecule has 0 saturated heterocycles. The lowest BCUT2D eigenvalue weighted by Gasteiger charge is -1.72. The molecule has 0 aromatic carbocycles. The summed E-state index contributed by atoms with van der Waals surface area (Å²) in [4.78, 5) is 3.55. The summed E-state index contributed by atoms with van der Waals surface area (Å²) >= 11 is 0. The van der Waals surface area contributed by atoms with Gasteiger partial charge >= 0.3 is 0 Å². The minimum absolute atomic E-state index is 1.63. The van der Waals surface area contributed by atoms with Gasteiger partial charge < -0.3 is 0 Å². The second-order valence-electron chi connectivity index (χ2n) is 1.91. The van der Waals surface area contributed by atoms with E-state index in [-0.39, 0.29) is 0 Å². The van der Waals surface area contributed by atoms with Crippen molar-refractivity contribution in [2.24, 2.45) is 4.99 Å². The van der Waals surface area contributed by atoms with E-state index in [0.717, 1.165) is 0 Å². The predicted octanol–water partition coefficient (Wildman–Crippen LogP) is 3.06. The van der Waals surface area contributed by atoms with Crippen molar-refractivity contribution in [3.05, 3.63) is 61.4 Å². The van der Waals surface area contributed by atoms with Gasteiger partial charge in [0.05, 0.1) is 0 Å². The van der Waals surface area contributed by atoms with Gasteiger partial charge in [0.2, 0.25) is 0 Å². The molecule has 0 aliphatic rings. The van der Waals surface area contributed by atoms with Crippen molar-refractivity contribution < 1.29 is 0 Å². The van der Waals surface area contributed by atoms with Crippen LogP contribution >= 0.6 is 0 Å². The van der Waals surface area contributed by atoms with E-state index in [2.05, 4.69) is 18.3 Å². The zero-order chi connectivity index (χ0) is 9.07. The molecule has 0 bridgehead atoms. The third-order valence-electron chi connectivity index (χ3n) is 0.994. The minimum Gasteiger partial charge on any atom is -0.273 e. The van der Waals surface area contributed by atoms with Gasteiger partial charge in [-0.15, -0.1) is 0 Å². The summed E-state index contributed by atoms with van der Waals surface area (Å²) < 4.78 is 0. The molecule has 0 amide bonds. The molecule has 1 heteroatoms. The van der Waals surface area contributed by atoms with Crippen LogP contribution < -0.4 is 0 Å². The van der Waals surface area contributed by atoms with Crippen LogP contribution in [-0.2, 0) is 0 Å². The molecule has 0 aliphatic heterocycles. The highest BCUT2D eigenvalue weighted by atomic mass is 14.6. The summed E-state index contributed by atoms with van der Waals surface area (Å²) in [5, 5.41) is 0. The Morgan fingerprint density at radius 3 is 1.75 bits per heavy atom. The molecule has 0 aliphatic carbocycles. The zero-order valence-electron chi connectivity index (χ0n) is 7.06. The highest BCUT2D eigenvalue weighted by Crippen LogP contribution is 1.82. The summed E-state index contributed by atoms with van der Waals surface area (Å²) in [6.45, 7) is 6.86. The molecule has 0 aromatic heterocycles. The van der Waals surface area contributed by atoms with Crippen molar-refractivity contribution in [3.63, 3.8) is 0 Å². The Labute approximate surface area is 73.8 Å². The van der Waals surface area contributed by atoms with Gasteiger partial charge in [-0.1, -0.05) is 49.1 Å². The molecule has 0 rings (SSSR count). The first-order chi connectivity index (χ1) is 5.91. The van der Waals surface area contributed by atoms with E-state index in [1.165, 1.54) is 0 Å². The third-order valence-corrected chi connectivity index (χ3v) is 0.994. The summed E-state index contributed by atoms with van der Waals surface area (Å²) in [5.74, 6) is 0. The van der Waals surface area contributed by atoms with Crippen LogP contribution in [0.5, 0.6) is 0 Å². The normalized spacial score (nSPS) is 12.3. The van der Waals surface area contributed by atoms with Crippen LogP contribution in [0.4, 0.5) is 0 Å². The van der Waals surface area contributed by atoms with Gasteiger partial charge in [0, 0.05) is 6.20 Å². The fraction of sp³-hybridized carbons (Fsp3) is 0. The lowest BCUT2D eigenvalue weighted by molar-refractivity contribution is 1.61. The lowest BCUT2D eigenvalue weighted by atomic mass is 10.4. The van der Waals surface area contributed by atoms with Gasteiger partial charge in [-0.25, -0.2) is 0 Å². The van der Waals surface area contributed by atoms with Crippen LogP contribution in [-0.4, -0.2) is 6.72 Å². The van der Waals surface area contributed by atoms with Crippen LogP contribution in [0.15, 0.2) is 66.4 Å². The number of hydrogen-bond acceptors (Lipinski definition) is 1. The van der Waals surface area contributed by atoms with Gasteiger partial charge in [0.1, 0.15) is 0 Å². The second-order valence-corrected chi connectivity index (χ2v) is 1.91. The summed E-state index contributed by atoms with van der Waals surface area (Å²) in [6, 6.07) is 0. The zero-order valence-corrected chi connectivity index (χ0v) is 7.06. The van der Waals surface area contributed by atoms with Crippen LogP contribution in [0, 0.1) is 0 Å². The molecule has 0 fully saturated rings. The first-order valence-electron chi connectivity index (χ1n) is 3.65. The maximum absolute atomic E-state index is 3.55. The summed E-state index contributed by atoms with van der Waals surface area (Å²) in [6.07, 6.45) is 16.6. The molecule has 0 N–H and O–H groups in total. The Kier molecular flexibility index (Phi) is 8.10. The lowest BCUT2D eigenvalue weighted by Crippen LogP contribution is -1.50. The smallest absolute Gasteiger partial charge is 0.0260 e. The fourth-order valence-electron chi connectivity index (χ4n) is 0.510. The van der Waals surface area contributed by atoms with Gasteiger partial charge in [-0.2, -0.15) is 0 Å². The quantitative estimate of drug-likeness (QED) is 0.432. The van der Waals surface area contributed by atoms with E-state index in [1.807, 2.05) is 42.5 Å². The third kappa shape index (κ3) is 8.37. The highest BCUT2D eigenvalue weighted by Gasteiger charge is 1.60. The molecule has 0 aromatic rings. The largest absolute Gasteiger partial charge is 0.273 e. The molecule has 0 atom stereocenters. The number of rotatable bonds is 5. The maximum atomic E-state index is 3.55. The maximum Gasteiger partial charge on any atom is 0.0260 e.